The summed E-state index contributed by atoms with van der Waals surface area (Å²) in [5.41, 5.74) is 7.91. The fraction of sp³-hybridized carbons (Fsp3) is 0.321. The lowest BCUT2D eigenvalue weighted by Gasteiger charge is -2.38. The molecule has 3 heteroatoms. The zero-order chi connectivity index (χ0) is 22.1. The topological polar surface area (TPSA) is 29.5 Å². The summed E-state index contributed by atoms with van der Waals surface area (Å²) in [6.07, 6.45) is 1.32. The van der Waals surface area contributed by atoms with Crippen molar-refractivity contribution in [3.8, 4) is 5.75 Å². The lowest BCUT2D eigenvalue weighted by Crippen LogP contribution is -2.41. The molecule has 3 aromatic carbocycles. The summed E-state index contributed by atoms with van der Waals surface area (Å²) in [5.74, 6) is 1.51. The second-order valence-electron chi connectivity index (χ2n) is 9.05. The number of amides is 1. The van der Waals surface area contributed by atoms with E-state index in [1.54, 1.807) is 7.11 Å². The lowest BCUT2D eigenvalue weighted by molar-refractivity contribution is -0.118. The van der Waals surface area contributed by atoms with Crippen molar-refractivity contribution in [1.82, 2.24) is 0 Å². The average Bonchev–Trinajstić information content (AvgIpc) is 2.74. The highest BCUT2D eigenvalue weighted by Crippen LogP contribution is 2.41. The van der Waals surface area contributed by atoms with Gasteiger partial charge in [-0.05, 0) is 72.7 Å². The van der Waals surface area contributed by atoms with Gasteiger partial charge in [0.2, 0.25) is 5.91 Å². The number of nitrogens with zero attached hydrogens (tertiary/aromatic N) is 1. The van der Waals surface area contributed by atoms with E-state index in [0.717, 1.165) is 29.0 Å². The molecule has 1 atom stereocenters. The first kappa shape index (κ1) is 21.2. The van der Waals surface area contributed by atoms with Gasteiger partial charge in [-0.2, -0.15) is 0 Å². The van der Waals surface area contributed by atoms with Crippen molar-refractivity contribution in [2.24, 2.45) is 5.92 Å². The second kappa shape index (κ2) is 8.58. The van der Waals surface area contributed by atoms with E-state index in [9.17, 15) is 4.79 Å². The normalized spacial score (nSPS) is 15.9. The molecule has 4 rings (SSSR count). The third-order valence-electron chi connectivity index (χ3n) is 6.04. The molecule has 0 radical (unpaired) electrons. The van der Waals surface area contributed by atoms with Crippen LogP contribution >= 0.6 is 0 Å². The van der Waals surface area contributed by atoms with Crippen molar-refractivity contribution >= 4 is 11.6 Å². The summed E-state index contributed by atoms with van der Waals surface area (Å²) in [4.78, 5) is 15.4. The Morgan fingerprint density at radius 3 is 2.16 bits per heavy atom. The van der Waals surface area contributed by atoms with Crippen LogP contribution in [0.5, 0.6) is 5.75 Å². The minimum atomic E-state index is -0.156. The smallest absolute Gasteiger partial charge is 0.232 e. The van der Waals surface area contributed by atoms with Gasteiger partial charge in [0.15, 0.2) is 0 Å². The van der Waals surface area contributed by atoms with E-state index in [2.05, 4.69) is 88.4 Å². The Kier molecular flexibility index (Phi) is 5.86. The number of hydrogen-bond acceptors (Lipinski definition) is 2. The van der Waals surface area contributed by atoms with E-state index in [1.807, 2.05) is 4.90 Å². The van der Waals surface area contributed by atoms with Gasteiger partial charge in [-0.25, -0.2) is 0 Å². The van der Waals surface area contributed by atoms with E-state index in [4.69, 9.17) is 4.74 Å². The quantitative estimate of drug-likeness (QED) is 0.499. The third-order valence-corrected chi connectivity index (χ3v) is 6.04. The van der Waals surface area contributed by atoms with Crippen LogP contribution in [0.15, 0.2) is 60.7 Å². The van der Waals surface area contributed by atoms with Crippen molar-refractivity contribution in [2.45, 2.75) is 46.6 Å². The number of carbonyl (C=O) groups is 1. The molecule has 1 unspecified atom stereocenters. The van der Waals surface area contributed by atoms with Crippen molar-refractivity contribution in [1.29, 1.82) is 0 Å². The molecule has 3 nitrogen and oxygen atoms in total. The molecule has 0 aromatic heterocycles. The van der Waals surface area contributed by atoms with E-state index in [1.165, 1.54) is 22.3 Å². The van der Waals surface area contributed by atoms with Gasteiger partial charge in [-0.1, -0.05) is 61.4 Å². The molecular weight excluding hydrogens is 382 g/mol. The molecule has 0 bridgehead atoms. The Hall–Kier alpha value is -3.07. The second-order valence-corrected chi connectivity index (χ2v) is 9.05. The van der Waals surface area contributed by atoms with Gasteiger partial charge in [0.1, 0.15) is 5.75 Å². The molecular formula is C28H31NO2. The lowest BCUT2D eigenvalue weighted by atomic mass is 9.84. The van der Waals surface area contributed by atoms with Crippen molar-refractivity contribution in [3.05, 3.63) is 94.0 Å². The molecule has 0 fully saturated rings. The Bertz CT molecular complexity index is 1080. The first-order valence-electron chi connectivity index (χ1n) is 11.0. The maximum Gasteiger partial charge on any atom is 0.232 e. The highest BCUT2D eigenvalue weighted by Gasteiger charge is 2.35. The number of anilines is 1. The molecule has 1 aliphatic heterocycles. The third kappa shape index (κ3) is 4.23. The molecule has 0 aliphatic carbocycles. The van der Waals surface area contributed by atoms with Gasteiger partial charge in [0.25, 0.3) is 0 Å². The number of methoxy groups -OCH3 is 1. The van der Waals surface area contributed by atoms with Crippen molar-refractivity contribution in [2.75, 3.05) is 12.0 Å². The Morgan fingerprint density at radius 1 is 0.968 bits per heavy atom. The molecule has 1 heterocycles. The molecule has 0 saturated heterocycles. The average molecular weight is 414 g/mol. The predicted octanol–water partition coefficient (Wildman–Crippen LogP) is 6.19. The summed E-state index contributed by atoms with van der Waals surface area (Å²) in [5, 5.41) is 0. The number of hydrogen-bond donors (Lipinski definition) is 0. The maximum atomic E-state index is 13.4. The number of benzene rings is 3. The van der Waals surface area contributed by atoms with E-state index >= 15 is 0 Å². The predicted molar refractivity (Wildman–Crippen MR) is 127 cm³/mol. The zero-order valence-electron chi connectivity index (χ0n) is 19.1. The first-order chi connectivity index (χ1) is 14.9. The fourth-order valence-electron chi connectivity index (χ4n) is 4.49. The zero-order valence-corrected chi connectivity index (χ0v) is 19.1. The standard InChI is InChI=1S/C28H31NO2/c1-18(2)14-23-15-25-22(16-26(23)31-5)17-27(30)29(24-12-8-20(4)9-13-24)28(25)21-10-6-19(3)7-11-21/h6-13,15-16,18,28H,14,17H2,1-5H3. The van der Waals surface area contributed by atoms with Crippen LogP contribution in [0.25, 0.3) is 0 Å². The van der Waals surface area contributed by atoms with Crippen LogP contribution < -0.4 is 9.64 Å². The number of ether oxygens (including phenoxy) is 1. The summed E-state index contributed by atoms with van der Waals surface area (Å²) in [7, 11) is 1.71. The highest BCUT2D eigenvalue weighted by atomic mass is 16.5. The largest absolute Gasteiger partial charge is 0.496 e. The molecule has 0 saturated carbocycles. The number of fused-ring (bicyclic) bond motifs is 1. The summed E-state index contributed by atoms with van der Waals surface area (Å²) >= 11 is 0. The summed E-state index contributed by atoms with van der Waals surface area (Å²) in [6, 6.07) is 21.0. The summed E-state index contributed by atoms with van der Waals surface area (Å²) in [6.45, 7) is 8.60. The molecule has 160 valence electrons. The van der Waals surface area contributed by atoms with Gasteiger partial charge < -0.3 is 9.64 Å². The molecule has 0 spiro atoms. The molecule has 31 heavy (non-hydrogen) atoms. The Labute approximate surface area is 185 Å². The van der Waals surface area contributed by atoms with Crippen LogP contribution in [0, 0.1) is 19.8 Å². The molecule has 1 aliphatic rings. The van der Waals surface area contributed by atoms with E-state index in [-0.39, 0.29) is 11.9 Å². The monoisotopic (exact) mass is 413 g/mol. The van der Waals surface area contributed by atoms with Gasteiger partial charge >= 0.3 is 0 Å². The fourth-order valence-corrected chi connectivity index (χ4v) is 4.49. The Morgan fingerprint density at radius 2 is 1.58 bits per heavy atom. The Balaban J connectivity index is 1.92. The van der Waals surface area contributed by atoms with Crippen LogP contribution in [0.4, 0.5) is 5.69 Å². The molecule has 1 amide bonds. The minimum Gasteiger partial charge on any atom is -0.496 e. The van der Waals surface area contributed by atoms with Crippen LogP contribution in [0.2, 0.25) is 0 Å². The van der Waals surface area contributed by atoms with E-state index < -0.39 is 0 Å². The van der Waals surface area contributed by atoms with Gasteiger partial charge in [0, 0.05) is 5.69 Å². The van der Waals surface area contributed by atoms with Gasteiger partial charge in [-0.3, -0.25) is 4.79 Å². The van der Waals surface area contributed by atoms with Crippen molar-refractivity contribution in [3.63, 3.8) is 0 Å². The van der Waals surface area contributed by atoms with Gasteiger partial charge in [-0.15, -0.1) is 0 Å². The minimum absolute atomic E-state index is 0.112. The maximum absolute atomic E-state index is 13.4. The van der Waals surface area contributed by atoms with Crippen LogP contribution in [0.1, 0.15) is 53.3 Å². The molecule has 0 N–H and O–H groups in total. The number of aryl methyl sites for hydroxylation is 2. The number of carbonyl (C=O) groups excluding carboxylic acids is 1. The van der Waals surface area contributed by atoms with Crippen molar-refractivity contribution < 1.29 is 9.53 Å². The SMILES string of the molecule is COc1cc2c(cc1CC(C)C)C(c1ccc(C)cc1)N(c1ccc(C)cc1)C(=O)C2. The number of rotatable bonds is 5. The van der Waals surface area contributed by atoms with E-state index in [0.29, 0.717) is 12.3 Å². The van der Waals surface area contributed by atoms with Crippen LogP contribution in [0.3, 0.4) is 0 Å². The summed E-state index contributed by atoms with van der Waals surface area (Å²) < 4.78 is 5.70. The van der Waals surface area contributed by atoms with Crippen LogP contribution in [-0.2, 0) is 17.6 Å². The van der Waals surface area contributed by atoms with Crippen LogP contribution in [-0.4, -0.2) is 13.0 Å². The van der Waals surface area contributed by atoms with Gasteiger partial charge in [0.05, 0.1) is 19.6 Å². The molecule has 3 aromatic rings. The highest BCUT2D eigenvalue weighted by molar-refractivity contribution is 5.98. The first-order valence-corrected chi connectivity index (χ1v) is 11.0.